The van der Waals surface area contributed by atoms with Crippen LogP contribution in [0.5, 0.6) is 0 Å². The van der Waals surface area contributed by atoms with E-state index in [0.717, 1.165) is 35.7 Å². The van der Waals surface area contributed by atoms with Crippen LogP contribution in [0.15, 0.2) is 41.8 Å². The summed E-state index contributed by atoms with van der Waals surface area (Å²) >= 11 is 5.16. The standard InChI is InChI=1S/C18H18N2OS3/c21-18(20-9-3-6-14(20)16-8-4-10-23-16)12-22-11-17-19-13-5-1-2-7-15(13)24-17/h1-2,4-5,7-8,10,14H,3,6,9,11-12H2. The summed E-state index contributed by atoms with van der Waals surface area (Å²) in [7, 11) is 0. The van der Waals surface area contributed by atoms with Crippen LogP contribution in [0.3, 0.4) is 0 Å². The van der Waals surface area contributed by atoms with Crippen molar-refractivity contribution in [3.63, 3.8) is 0 Å². The van der Waals surface area contributed by atoms with Crippen LogP contribution in [-0.4, -0.2) is 28.1 Å². The molecule has 0 bridgehead atoms. The lowest BCUT2D eigenvalue weighted by Gasteiger charge is -2.23. The smallest absolute Gasteiger partial charge is 0.233 e. The van der Waals surface area contributed by atoms with Gasteiger partial charge in [0.15, 0.2) is 0 Å². The van der Waals surface area contributed by atoms with Crippen molar-refractivity contribution >= 4 is 50.6 Å². The van der Waals surface area contributed by atoms with Crippen LogP contribution in [0, 0.1) is 0 Å². The van der Waals surface area contributed by atoms with Gasteiger partial charge in [-0.3, -0.25) is 4.79 Å². The predicted molar refractivity (Wildman–Crippen MR) is 104 cm³/mol. The summed E-state index contributed by atoms with van der Waals surface area (Å²) in [5.41, 5.74) is 1.06. The third kappa shape index (κ3) is 3.36. The molecule has 1 aliphatic rings. The Morgan fingerprint density at radius 3 is 3.04 bits per heavy atom. The summed E-state index contributed by atoms with van der Waals surface area (Å²) in [6.45, 7) is 0.892. The summed E-state index contributed by atoms with van der Waals surface area (Å²) < 4.78 is 1.22. The van der Waals surface area contributed by atoms with E-state index in [9.17, 15) is 4.79 Å². The fraction of sp³-hybridized carbons (Fsp3) is 0.333. The van der Waals surface area contributed by atoms with Gasteiger partial charge in [-0.15, -0.1) is 34.4 Å². The number of amides is 1. The number of nitrogens with zero attached hydrogens (tertiary/aromatic N) is 2. The molecule has 1 unspecified atom stereocenters. The number of carbonyl (C=O) groups excluding carboxylic acids is 1. The van der Waals surface area contributed by atoms with E-state index in [0.29, 0.717) is 11.8 Å². The molecule has 1 aliphatic heterocycles. The molecule has 6 heteroatoms. The fourth-order valence-electron chi connectivity index (χ4n) is 3.13. The number of thioether (sulfide) groups is 1. The van der Waals surface area contributed by atoms with Gasteiger partial charge < -0.3 is 4.90 Å². The van der Waals surface area contributed by atoms with Crippen molar-refractivity contribution in [1.29, 1.82) is 0 Å². The molecule has 3 aromatic rings. The Hall–Kier alpha value is -1.37. The van der Waals surface area contributed by atoms with Gasteiger partial charge in [-0.1, -0.05) is 18.2 Å². The molecule has 4 rings (SSSR count). The normalized spacial score (nSPS) is 17.7. The highest BCUT2D eigenvalue weighted by Crippen LogP contribution is 2.35. The minimum absolute atomic E-state index is 0.261. The van der Waals surface area contributed by atoms with Crippen molar-refractivity contribution in [2.75, 3.05) is 12.3 Å². The van der Waals surface area contributed by atoms with Crippen LogP contribution < -0.4 is 0 Å². The molecule has 1 atom stereocenters. The van der Waals surface area contributed by atoms with Crippen LogP contribution in [-0.2, 0) is 10.5 Å². The zero-order chi connectivity index (χ0) is 16.4. The average molecular weight is 375 g/mol. The summed E-state index contributed by atoms with van der Waals surface area (Å²) in [6, 6.07) is 12.7. The van der Waals surface area contributed by atoms with E-state index in [1.54, 1.807) is 34.4 Å². The summed E-state index contributed by atoms with van der Waals surface area (Å²) in [6.07, 6.45) is 2.20. The van der Waals surface area contributed by atoms with Crippen LogP contribution in [0.1, 0.15) is 28.8 Å². The molecule has 3 nitrogen and oxygen atoms in total. The number of hydrogen-bond acceptors (Lipinski definition) is 5. The van der Waals surface area contributed by atoms with Crippen molar-refractivity contribution < 1.29 is 4.79 Å². The molecule has 1 aromatic carbocycles. The van der Waals surface area contributed by atoms with E-state index in [2.05, 4.69) is 33.5 Å². The zero-order valence-electron chi connectivity index (χ0n) is 13.2. The van der Waals surface area contributed by atoms with Gasteiger partial charge in [-0.05, 0) is 36.4 Å². The van der Waals surface area contributed by atoms with Crippen LogP contribution in [0.25, 0.3) is 10.2 Å². The Morgan fingerprint density at radius 1 is 1.29 bits per heavy atom. The van der Waals surface area contributed by atoms with E-state index in [4.69, 9.17) is 0 Å². The number of likely N-dealkylation sites (tertiary alicyclic amines) is 1. The maximum absolute atomic E-state index is 12.6. The lowest BCUT2D eigenvalue weighted by Crippen LogP contribution is -2.31. The van der Waals surface area contributed by atoms with Gasteiger partial charge >= 0.3 is 0 Å². The number of hydrogen-bond donors (Lipinski definition) is 0. The minimum atomic E-state index is 0.261. The number of para-hydroxylation sites is 1. The van der Waals surface area contributed by atoms with Gasteiger partial charge in [-0.25, -0.2) is 4.98 Å². The molecule has 1 fully saturated rings. The summed E-state index contributed by atoms with van der Waals surface area (Å²) in [5.74, 6) is 1.61. The van der Waals surface area contributed by atoms with Gasteiger partial charge in [-0.2, -0.15) is 0 Å². The highest BCUT2D eigenvalue weighted by atomic mass is 32.2. The zero-order valence-corrected chi connectivity index (χ0v) is 15.6. The Bertz CT molecular complexity index is 795. The van der Waals surface area contributed by atoms with Crippen molar-refractivity contribution in [3.05, 3.63) is 51.7 Å². The number of rotatable bonds is 5. The minimum Gasteiger partial charge on any atom is -0.334 e. The molecule has 0 N–H and O–H groups in total. The highest BCUT2D eigenvalue weighted by Gasteiger charge is 2.30. The number of thiophene rings is 1. The van der Waals surface area contributed by atoms with Gasteiger partial charge in [0.05, 0.1) is 22.0 Å². The SMILES string of the molecule is O=C(CSCc1nc2ccccc2s1)N1CCCC1c1cccs1. The summed E-state index contributed by atoms with van der Waals surface area (Å²) in [5, 5.41) is 3.20. The van der Waals surface area contributed by atoms with E-state index >= 15 is 0 Å². The van der Waals surface area contributed by atoms with Gasteiger partial charge in [0.2, 0.25) is 5.91 Å². The quantitative estimate of drug-likeness (QED) is 0.633. The number of benzene rings is 1. The van der Waals surface area contributed by atoms with E-state index in [1.165, 1.54) is 9.58 Å². The van der Waals surface area contributed by atoms with Gasteiger partial charge in [0.25, 0.3) is 0 Å². The molecule has 1 saturated heterocycles. The van der Waals surface area contributed by atoms with E-state index < -0.39 is 0 Å². The first-order valence-corrected chi connectivity index (χ1v) is 10.9. The van der Waals surface area contributed by atoms with E-state index in [1.807, 2.05) is 18.2 Å². The molecular weight excluding hydrogens is 356 g/mol. The molecule has 124 valence electrons. The highest BCUT2D eigenvalue weighted by molar-refractivity contribution is 7.99. The third-order valence-corrected chi connectivity index (χ3v) is 7.36. The molecule has 0 aliphatic carbocycles. The van der Waals surface area contributed by atoms with Crippen LogP contribution in [0.2, 0.25) is 0 Å². The number of aromatic nitrogens is 1. The first kappa shape index (κ1) is 16.1. The Kier molecular flexibility index (Phi) is 4.87. The summed E-state index contributed by atoms with van der Waals surface area (Å²) in [4.78, 5) is 20.6. The topological polar surface area (TPSA) is 33.2 Å². The first-order chi connectivity index (χ1) is 11.8. The largest absolute Gasteiger partial charge is 0.334 e. The molecule has 0 radical (unpaired) electrons. The lowest BCUT2D eigenvalue weighted by molar-refractivity contribution is -0.129. The number of carbonyl (C=O) groups is 1. The number of thiazole rings is 1. The van der Waals surface area contributed by atoms with Crippen molar-refractivity contribution in [2.24, 2.45) is 0 Å². The monoisotopic (exact) mass is 374 g/mol. The first-order valence-electron chi connectivity index (χ1n) is 8.06. The molecule has 3 heterocycles. The molecule has 0 saturated carbocycles. The maximum atomic E-state index is 12.6. The molecule has 24 heavy (non-hydrogen) atoms. The van der Waals surface area contributed by atoms with Crippen LogP contribution in [0.4, 0.5) is 0 Å². The van der Waals surface area contributed by atoms with Crippen LogP contribution >= 0.6 is 34.4 Å². The predicted octanol–water partition coefficient (Wildman–Crippen LogP) is 4.95. The third-order valence-electron chi connectivity index (χ3n) is 4.23. The second kappa shape index (κ2) is 7.25. The maximum Gasteiger partial charge on any atom is 0.233 e. The van der Waals surface area contributed by atoms with Crippen molar-refractivity contribution in [2.45, 2.75) is 24.6 Å². The van der Waals surface area contributed by atoms with Gasteiger partial charge in [0.1, 0.15) is 5.01 Å². The van der Waals surface area contributed by atoms with Crippen molar-refractivity contribution in [3.8, 4) is 0 Å². The second-order valence-corrected chi connectivity index (χ2v) is 8.91. The lowest BCUT2D eigenvalue weighted by atomic mass is 10.2. The molecule has 0 spiro atoms. The van der Waals surface area contributed by atoms with Gasteiger partial charge in [0, 0.05) is 17.2 Å². The Balaban J connectivity index is 1.34. The Morgan fingerprint density at radius 2 is 2.21 bits per heavy atom. The van der Waals surface area contributed by atoms with Crippen molar-refractivity contribution in [1.82, 2.24) is 9.88 Å². The molecule has 1 amide bonds. The molecular formula is C18H18N2OS3. The van der Waals surface area contributed by atoms with E-state index in [-0.39, 0.29) is 5.91 Å². The molecule has 2 aromatic heterocycles. The number of fused-ring (bicyclic) bond motifs is 1. The Labute approximate surface area is 153 Å². The second-order valence-electron chi connectivity index (χ2n) is 5.83. The average Bonchev–Trinajstić information content (AvgIpc) is 3.33. The fourth-order valence-corrected chi connectivity index (χ4v) is 5.94.